The smallest absolute Gasteiger partial charge is 0.242 e. The van der Waals surface area contributed by atoms with Gasteiger partial charge in [-0.25, -0.2) is 8.42 Å². The Balaban J connectivity index is 2.22. The van der Waals surface area contributed by atoms with Gasteiger partial charge in [0.2, 0.25) is 10.0 Å². The highest BCUT2D eigenvalue weighted by molar-refractivity contribution is 7.89. The summed E-state index contributed by atoms with van der Waals surface area (Å²) in [5.41, 5.74) is 5.11. The van der Waals surface area contributed by atoms with Gasteiger partial charge in [0.1, 0.15) is 5.75 Å². The minimum atomic E-state index is -3.67. The van der Waals surface area contributed by atoms with Gasteiger partial charge in [0.25, 0.3) is 0 Å². The summed E-state index contributed by atoms with van der Waals surface area (Å²) in [4.78, 5) is 0.102. The van der Waals surface area contributed by atoms with E-state index in [1.165, 1.54) is 36.7 Å². The lowest BCUT2D eigenvalue weighted by Crippen LogP contribution is -2.41. The summed E-state index contributed by atoms with van der Waals surface area (Å²) in [5, 5.41) is 10.4. The molecule has 7 heteroatoms. The fourth-order valence-electron chi connectivity index (χ4n) is 2.74. The molecule has 2 rings (SSSR count). The van der Waals surface area contributed by atoms with Gasteiger partial charge in [0.05, 0.1) is 23.3 Å². The second-order valence-corrected chi connectivity index (χ2v) is 7.64. The van der Waals surface area contributed by atoms with Crippen LogP contribution in [0, 0.1) is 0 Å². The molecule has 0 unspecified atom stereocenters. The summed E-state index contributed by atoms with van der Waals surface area (Å²) >= 11 is 0. The van der Waals surface area contributed by atoms with Crippen LogP contribution in [-0.4, -0.2) is 44.1 Å². The van der Waals surface area contributed by atoms with E-state index in [2.05, 4.69) is 0 Å². The third kappa shape index (κ3) is 3.30. The number of nitrogen functional groups attached to an aromatic ring is 1. The molecule has 0 aromatic heterocycles. The predicted octanol–water partition coefficient (Wildman–Crippen LogP) is 1.20. The lowest BCUT2D eigenvalue weighted by molar-refractivity contribution is 0.0333. The van der Waals surface area contributed by atoms with E-state index < -0.39 is 15.6 Å². The van der Waals surface area contributed by atoms with Crippen LogP contribution in [0.25, 0.3) is 0 Å². The van der Waals surface area contributed by atoms with Gasteiger partial charge in [-0.15, -0.1) is 0 Å². The van der Waals surface area contributed by atoms with Crippen molar-refractivity contribution in [2.24, 2.45) is 0 Å². The van der Waals surface area contributed by atoms with Crippen LogP contribution in [0.1, 0.15) is 25.7 Å². The van der Waals surface area contributed by atoms with Crippen molar-refractivity contribution >= 4 is 15.7 Å². The van der Waals surface area contributed by atoms with E-state index in [1.807, 2.05) is 0 Å². The van der Waals surface area contributed by atoms with Crippen LogP contribution in [0.4, 0.5) is 5.69 Å². The van der Waals surface area contributed by atoms with Gasteiger partial charge in [-0.2, -0.15) is 4.31 Å². The number of methoxy groups -OCH3 is 1. The Kier molecular flexibility index (Phi) is 4.46. The number of hydrogen-bond acceptors (Lipinski definition) is 5. The van der Waals surface area contributed by atoms with Crippen molar-refractivity contribution in [1.82, 2.24) is 4.31 Å². The summed E-state index contributed by atoms with van der Waals surface area (Å²) in [6, 6.07) is 4.36. The zero-order chi connectivity index (χ0) is 15.7. The quantitative estimate of drug-likeness (QED) is 0.797. The third-order valence-corrected chi connectivity index (χ3v) is 5.76. The molecule has 6 nitrogen and oxygen atoms in total. The molecule has 1 aromatic rings. The molecular formula is C14H22N2O4S. The Morgan fingerprint density at radius 1 is 1.38 bits per heavy atom. The summed E-state index contributed by atoms with van der Waals surface area (Å²) in [6.45, 7) is 0.0985. The minimum Gasteiger partial charge on any atom is -0.495 e. The predicted molar refractivity (Wildman–Crippen MR) is 80.6 cm³/mol. The van der Waals surface area contributed by atoms with Crippen molar-refractivity contribution in [2.45, 2.75) is 36.2 Å². The van der Waals surface area contributed by atoms with Crippen molar-refractivity contribution in [1.29, 1.82) is 0 Å². The molecule has 0 amide bonds. The van der Waals surface area contributed by atoms with E-state index >= 15 is 0 Å². The highest BCUT2D eigenvalue weighted by Crippen LogP contribution is 2.32. The number of ether oxygens (including phenoxy) is 1. The number of rotatable bonds is 5. The van der Waals surface area contributed by atoms with Crippen molar-refractivity contribution < 1.29 is 18.3 Å². The van der Waals surface area contributed by atoms with E-state index in [0.29, 0.717) is 18.6 Å². The Labute approximate surface area is 125 Å². The first kappa shape index (κ1) is 16.1. The fourth-order valence-corrected chi connectivity index (χ4v) is 4.03. The van der Waals surface area contributed by atoms with Crippen LogP contribution < -0.4 is 10.5 Å². The molecule has 0 atom stereocenters. The SMILES string of the molecule is COc1ccc(S(=O)(=O)N(C)CC2(O)CCCC2)cc1N. The van der Waals surface area contributed by atoms with Crippen molar-refractivity contribution in [3.63, 3.8) is 0 Å². The van der Waals surface area contributed by atoms with Crippen molar-refractivity contribution in [3.8, 4) is 5.75 Å². The third-order valence-electron chi connectivity index (χ3n) is 3.96. The number of anilines is 1. The molecule has 1 aliphatic rings. The number of hydrogen-bond donors (Lipinski definition) is 2. The van der Waals surface area contributed by atoms with Gasteiger partial charge in [0.15, 0.2) is 0 Å². The zero-order valence-corrected chi connectivity index (χ0v) is 13.2. The van der Waals surface area contributed by atoms with E-state index in [-0.39, 0.29) is 17.1 Å². The highest BCUT2D eigenvalue weighted by Gasteiger charge is 2.35. The lowest BCUT2D eigenvalue weighted by Gasteiger charge is -2.28. The molecule has 21 heavy (non-hydrogen) atoms. The Morgan fingerprint density at radius 2 is 2.00 bits per heavy atom. The normalized spacial score (nSPS) is 18.1. The Hall–Kier alpha value is -1.31. The highest BCUT2D eigenvalue weighted by atomic mass is 32.2. The van der Waals surface area contributed by atoms with E-state index in [4.69, 9.17) is 10.5 Å². The molecule has 1 aliphatic carbocycles. The lowest BCUT2D eigenvalue weighted by atomic mass is 10.0. The Bertz CT molecular complexity index is 609. The van der Waals surface area contributed by atoms with Gasteiger partial charge in [-0.3, -0.25) is 0 Å². The number of benzene rings is 1. The zero-order valence-electron chi connectivity index (χ0n) is 12.4. The molecule has 0 aliphatic heterocycles. The van der Waals surface area contributed by atoms with E-state index in [1.54, 1.807) is 0 Å². The minimum absolute atomic E-state index is 0.0985. The number of aliphatic hydroxyl groups is 1. The summed E-state index contributed by atoms with van der Waals surface area (Å²) in [5.74, 6) is 0.436. The van der Waals surface area contributed by atoms with Crippen LogP contribution in [0.2, 0.25) is 0 Å². The first-order chi connectivity index (χ1) is 9.78. The summed E-state index contributed by atoms with van der Waals surface area (Å²) in [7, 11) is -0.722. The van der Waals surface area contributed by atoms with Gasteiger partial charge in [-0.05, 0) is 31.0 Å². The fraction of sp³-hybridized carbons (Fsp3) is 0.571. The molecule has 3 N–H and O–H groups in total. The van der Waals surface area contributed by atoms with Gasteiger partial charge < -0.3 is 15.6 Å². The number of sulfonamides is 1. The van der Waals surface area contributed by atoms with Crippen LogP contribution >= 0.6 is 0 Å². The molecule has 1 aromatic carbocycles. The number of nitrogens with two attached hydrogens (primary N) is 1. The standard InChI is InChI=1S/C14H22N2O4S/c1-16(10-14(17)7-3-4-8-14)21(18,19)11-5-6-13(20-2)12(15)9-11/h5-6,9,17H,3-4,7-8,10,15H2,1-2H3. The van der Waals surface area contributed by atoms with Crippen LogP contribution in [0.15, 0.2) is 23.1 Å². The Morgan fingerprint density at radius 3 is 2.52 bits per heavy atom. The van der Waals surface area contributed by atoms with Crippen LogP contribution in [0.5, 0.6) is 5.75 Å². The topological polar surface area (TPSA) is 92.9 Å². The molecular weight excluding hydrogens is 292 g/mol. The van der Waals surface area contributed by atoms with E-state index in [0.717, 1.165) is 12.8 Å². The number of nitrogens with zero attached hydrogens (tertiary/aromatic N) is 1. The van der Waals surface area contributed by atoms with Crippen LogP contribution in [-0.2, 0) is 10.0 Å². The molecule has 0 heterocycles. The number of likely N-dealkylation sites (N-methyl/N-ethyl adjacent to an activating group) is 1. The first-order valence-electron chi connectivity index (χ1n) is 6.91. The van der Waals surface area contributed by atoms with Gasteiger partial charge >= 0.3 is 0 Å². The average molecular weight is 314 g/mol. The second-order valence-electron chi connectivity index (χ2n) is 5.60. The molecule has 1 fully saturated rings. The molecule has 0 spiro atoms. The molecule has 1 saturated carbocycles. The summed E-state index contributed by atoms with van der Waals surface area (Å²) < 4.78 is 31.3. The van der Waals surface area contributed by atoms with Crippen molar-refractivity contribution in [3.05, 3.63) is 18.2 Å². The van der Waals surface area contributed by atoms with Gasteiger partial charge in [0, 0.05) is 13.6 Å². The second kappa shape index (κ2) is 5.82. The monoisotopic (exact) mass is 314 g/mol. The average Bonchev–Trinajstić information content (AvgIpc) is 2.85. The molecule has 118 valence electrons. The van der Waals surface area contributed by atoms with Crippen molar-refractivity contribution in [2.75, 3.05) is 26.4 Å². The van der Waals surface area contributed by atoms with E-state index in [9.17, 15) is 13.5 Å². The van der Waals surface area contributed by atoms with Gasteiger partial charge in [-0.1, -0.05) is 12.8 Å². The largest absolute Gasteiger partial charge is 0.495 e. The maximum absolute atomic E-state index is 12.5. The molecule has 0 bridgehead atoms. The molecule has 0 radical (unpaired) electrons. The maximum atomic E-state index is 12.5. The summed E-state index contributed by atoms with van der Waals surface area (Å²) in [6.07, 6.45) is 3.13. The van der Waals surface area contributed by atoms with Crippen LogP contribution in [0.3, 0.4) is 0 Å². The molecule has 0 saturated heterocycles. The first-order valence-corrected chi connectivity index (χ1v) is 8.35. The maximum Gasteiger partial charge on any atom is 0.242 e.